The van der Waals surface area contributed by atoms with Crippen molar-refractivity contribution in [3.05, 3.63) is 23.2 Å². The van der Waals surface area contributed by atoms with Gasteiger partial charge in [-0.2, -0.15) is 0 Å². The van der Waals surface area contributed by atoms with Crippen LogP contribution in [0.1, 0.15) is 48.6 Å². The number of esters is 1. The van der Waals surface area contributed by atoms with Crippen LogP contribution in [0.5, 0.6) is 0 Å². The maximum Gasteiger partial charge on any atom is 0.341 e. The van der Waals surface area contributed by atoms with Crippen molar-refractivity contribution < 1.29 is 13.9 Å². The third-order valence-corrected chi connectivity index (χ3v) is 4.08. The molecule has 0 bridgehead atoms. The predicted molar refractivity (Wildman–Crippen MR) is 81.4 cm³/mol. The summed E-state index contributed by atoms with van der Waals surface area (Å²) in [6.45, 7) is 9.01. The van der Waals surface area contributed by atoms with E-state index in [-0.39, 0.29) is 5.97 Å². The maximum absolute atomic E-state index is 11.6. The second-order valence-electron chi connectivity index (χ2n) is 5.99. The first-order valence-corrected chi connectivity index (χ1v) is 7.66. The summed E-state index contributed by atoms with van der Waals surface area (Å²) in [5, 5.41) is 3.53. The number of carbonyl (C=O) groups excluding carboxylic acids is 1. The third-order valence-electron chi connectivity index (χ3n) is 4.08. The first kappa shape index (κ1) is 16.0. The molecular formula is C16H26N2O3. The summed E-state index contributed by atoms with van der Waals surface area (Å²) in [4.78, 5) is 14.0. The van der Waals surface area contributed by atoms with E-state index in [0.29, 0.717) is 30.0 Å². The molecule has 5 nitrogen and oxygen atoms in total. The van der Waals surface area contributed by atoms with Crippen molar-refractivity contribution in [2.75, 3.05) is 20.2 Å². The Hall–Kier alpha value is -1.33. The van der Waals surface area contributed by atoms with Gasteiger partial charge in [-0.25, -0.2) is 4.79 Å². The third kappa shape index (κ3) is 4.08. The zero-order valence-electron chi connectivity index (χ0n) is 13.4. The molecular weight excluding hydrogens is 268 g/mol. The molecule has 1 aromatic rings. The highest BCUT2D eigenvalue weighted by molar-refractivity contribution is 5.90. The number of ether oxygens (including phenoxy) is 1. The first-order chi connectivity index (χ1) is 10.0. The van der Waals surface area contributed by atoms with E-state index in [1.807, 2.05) is 0 Å². The topological polar surface area (TPSA) is 54.7 Å². The van der Waals surface area contributed by atoms with Crippen molar-refractivity contribution in [3.63, 3.8) is 0 Å². The normalized spacial score (nSPS) is 18.7. The molecule has 5 heteroatoms. The van der Waals surface area contributed by atoms with Gasteiger partial charge < -0.3 is 14.5 Å². The summed E-state index contributed by atoms with van der Waals surface area (Å²) >= 11 is 0. The largest absolute Gasteiger partial charge is 0.465 e. The fourth-order valence-corrected chi connectivity index (χ4v) is 2.79. The van der Waals surface area contributed by atoms with Crippen molar-refractivity contribution in [2.45, 2.75) is 52.2 Å². The first-order valence-electron chi connectivity index (χ1n) is 7.66. The number of aryl methyl sites for hydroxylation is 1. The SMILES string of the molecule is COC(=O)c1cc(CN(CC2CCCN2)C(C)C)oc1C. The average molecular weight is 294 g/mol. The molecule has 0 amide bonds. The second-order valence-corrected chi connectivity index (χ2v) is 5.99. The van der Waals surface area contributed by atoms with Crippen molar-refractivity contribution in [1.29, 1.82) is 0 Å². The number of furan rings is 1. The number of methoxy groups -OCH3 is 1. The number of nitrogens with zero attached hydrogens (tertiary/aromatic N) is 1. The summed E-state index contributed by atoms with van der Waals surface area (Å²) in [6.07, 6.45) is 2.48. The van der Waals surface area contributed by atoms with Gasteiger partial charge in [0, 0.05) is 18.6 Å². The van der Waals surface area contributed by atoms with Crippen LogP contribution in [0.4, 0.5) is 0 Å². The van der Waals surface area contributed by atoms with Crippen molar-refractivity contribution >= 4 is 5.97 Å². The molecule has 0 spiro atoms. The molecule has 1 unspecified atom stereocenters. The standard InChI is InChI=1S/C16H26N2O3/c1-11(2)18(9-13-6-5-7-17-13)10-14-8-15(12(3)21-14)16(19)20-4/h8,11,13,17H,5-7,9-10H2,1-4H3. The molecule has 0 aromatic carbocycles. The summed E-state index contributed by atoms with van der Waals surface area (Å²) < 4.78 is 10.5. The molecule has 1 saturated heterocycles. The molecule has 21 heavy (non-hydrogen) atoms. The van der Waals surface area contributed by atoms with Gasteiger partial charge in [0.05, 0.1) is 13.7 Å². The quantitative estimate of drug-likeness (QED) is 0.816. The van der Waals surface area contributed by atoms with Gasteiger partial charge in [0.25, 0.3) is 0 Å². The molecule has 118 valence electrons. The number of carbonyl (C=O) groups is 1. The van der Waals surface area contributed by atoms with Crippen LogP contribution in [0.2, 0.25) is 0 Å². The molecule has 1 aliphatic rings. The van der Waals surface area contributed by atoms with Gasteiger partial charge in [0.15, 0.2) is 0 Å². The Labute approximate surface area is 126 Å². The number of nitrogens with one attached hydrogen (secondary N) is 1. The van der Waals surface area contributed by atoms with Gasteiger partial charge in [-0.3, -0.25) is 4.90 Å². The van der Waals surface area contributed by atoms with E-state index < -0.39 is 0 Å². The zero-order chi connectivity index (χ0) is 15.4. The highest BCUT2D eigenvalue weighted by atomic mass is 16.5. The predicted octanol–water partition coefficient (Wildman–Crippen LogP) is 2.34. The monoisotopic (exact) mass is 294 g/mol. The lowest BCUT2D eigenvalue weighted by molar-refractivity contribution is 0.0599. The number of hydrogen-bond acceptors (Lipinski definition) is 5. The van der Waals surface area contributed by atoms with Crippen LogP contribution in [0.15, 0.2) is 10.5 Å². The lowest BCUT2D eigenvalue weighted by Crippen LogP contribution is -2.40. The van der Waals surface area contributed by atoms with Gasteiger partial charge in [0.1, 0.15) is 17.1 Å². The Balaban J connectivity index is 2.04. The van der Waals surface area contributed by atoms with E-state index in [4.69, 9.17) is 9.15 Å². The van der Waals surface area contributed by atoms with Crippen LogP contribution in [0, 0.1) is 6.92 Å². The van der Waals surface area contributed by atoms with Gasteiger partial charge >= 0.3 is 5.97 Å². The number of rotatable bonds is 6. The smallest absolute Gasteiger partial charge is 0.341 e. The fourth-order valence-electron chi connectivity index (χ4n) is 2.79. The lowest BCUT2D eigenvalue weighted by Gasteiger charge is -2.28. The summed E-state index contributed by atoms with van der Waals surface area (Å²) in [5.41, 5.74) is 0.523. The van der Waals surface area contributed by atoms with E-state index >= 15 is 0 Å². The molecule has 1 fully saturated rings. The Morgan fingerprint density at radius 1 is 1.57 bits per heavy atom. The zero-order valence-corrected chi connectivity index (χ0v) is 13.4. The minimum absolute atomic E-state index is 0.337. The molecule has 0 radical (unpaired) electrons. The van der Waals surface area contributed by atoms with Crippen molar-refractivity contribution in [3.8, 4) is 0 Å². The molecule has 1 aliphatic heterocycles. The molecule has 1 N–H and O–H groups in total. The van der Waals surface area contributed by atoms with Crippen LogP contribution >= 0.6 is 0 Å². The Morgan fingerprint density at radius 2 is 2.33 bits per heavy atom. The van der Waals surface area contributed by atoms with Crippen LogP contribution in [-0.2, 0) is 11.3 Å². The van der Waals surface area contributed by atoms with Crippen molar-refractivity contribution in [2.24, 2.45) is 0 Å². The van der Waals surface area contributed by atoms with Gasteiger partial charge in [-0.1, -0.05) is 0 Å². The van der Waals surface area contributed by atoms with Gasteiger partial charge in [-0.05, 0) is 46.2 Å². The van der Waals surface area contributed by atoms with Crippen molar-refractivity contribution in [1.82, 2.24) is 10.2 Å². The van der Waals surface area contributed by atoms with Crippen LogP contribution < -0.4 is 5.32 Å². The highest BCUT2D eigenvalue weighted by Gasteiger charge is 2.22. The average Bonchev–Trinajstić information content (AvgIpc) is 3.07. The molecule has 1 aromatic heterocycles. The molecule has 0 aliphatic carbocycles. The Morgan fingerprint density at radius 3 is 2.90 bits per heavy atom. The van der Waals surface area contributed by atoms with Crippen LogP contribution in [-0.4, -0.2) is 43.2 Å². The van der Waals surface area contributed by atoms with Gasteiger partial charge in [-0.15, -0.1) is 0 Å². The van der Waals surface area contributed by atoms with E-state index in [2.05, 4.69) is 24.1 Å². The summed E-state index contributed by atoms with van der Waals surface area (Å²) in [6, 6.07) is 2.79. The van der Waals surface area contributed by atoms with E-state index in [1.165, 1.54) is 20.0 Å². The maximum atomic E-state index is 11.6. The molecule has 2 rings (SSSR count). The Bertz CT molecular complexity index is 476. The van der Waals surface area contributed by atoms with Gasteiger partial charge in [0.2, 0.25) is 0 Å². The second kappa shape index (κ2) is 7.09. The molecule has 2 heterocycles. The molecule has 1 atom stereocenters. The Kier molecular flexibility index (Phi) is 5.42. The van der Waals surface area contributed by atoms with E-state index in [9.17, 15) is 4.79 Å². The minimum atomic E-state index is -0.337. The minimum Gasteiger partial charge on any atom is -0.465 e. The van der Waals surface area contributed by atoms with Crippen LogP contribution in [0.3, 0.4) is 0 Å². The highest BCUT2D eigenvalue weighted by Crippen LogP contribution is 2.19. The lowest BCUT2D eigenvalue weighted by atomic mass is 10.2. The fraction of sp³-hybridized carbons (Fsp3) is 0.688. The van der Waals surface area contributed by atoms with E-state index in [1.54, 1.807) is 13.0 Å². The summed E-state index contributed by atoms with van der Waals surface area (Å²) in [7, 11) is 1.39. The van der Waals surface area contributed by atoms with Crippen LogP contribution in [0.25, 0.3) is 0 Å². The summed E-state index contributed by atoms with van der Waals surface area (Å²) in [5.74, 6) is 1.11. The molecule has 0 saturated carbocycles. The van der Waals surface area contributed by atoms with E-state index in [0.717, 1.165) is 18.8 Å². The number of hydrogen-bond donors (Lipinski definition) is 1.